The number of hydrogen-bond donors (Lipinski definition) is 2. The average molecular weight is 258 g/mol. The van der Waals surface area contributed by atoms with Gasteiger partial charge in [-0.25, -0.2) is 4.39 Å². The van der Waals surface area contributed by atoms with Crippen molar-refractivity contribution in [1.29, 1.82) is 0 Å². The van der Waals surface area contributed by atoms with E-state index in [-0.39, 0.29) is 5.82 Å². The highest BCUT2D eigenvalue weighted by Crippen LogP contribution is 2.13. The predicted octanol–water partition coefficient (Wildman–Crippen LogP) is 2.85. The van der Waals surface area contributed by atoms with Gasteiger partial charge in [-0.2, -0.15) is 0 Å². The van der Waals surface area contributed by atoms with Crippen LogP contribution in [0, 0.1) is 12.7 Å². The van der Waals surface area contributed by atoms with Crippen molar-refractivity contribution >= 4 is 11.6 Å². The number of carbonyl (C=O) groups excluding carboxylic acids is 1. The van der Waals surface area contributed by atoms with Crippen molar-refractivity contribution in [2.75, 3.05) is 5.32 Å². The lowest BCUT2D eigenvalue weighted by molar-refractivity contribution is 0.100. The molecule has 0 saturated carbocycles. The number of anilines is 1. The number of rotatable bonds is 4. The summed E-state index contributed by atoms with van der Waals surface area (Å²) in [5.74, 6) is -0.643. The molecule has 0 radical (unpaired) electrons. The van der Waals surface area contributed by atoms with Crippen LogP contribution < -0.4 is 11.1 Å². The SMILES string of the molecule is Cc1cc(CNc2ccc(C(N)=O)cc2)ccc1F. The monoisotopic (exact) mass is 258 g/mol. The third-order valence-electron chi connectivity index (χ3n) is 2.89. The van der Waals surface area contributed by atoms with Gasteiger partial charge < -0.3 is 11.1 Å². The summed E-state index contributed by atoms with van der Waals surface area (Å²) >= 11 is 0. The maximum atomic E-state index is 13.1. The molecule has 0 spiro atoms. The molecule has 19 heavy (non-hydrogen) atoms. The summed E-state index contributed by atoms with van der Waals surface area (Å²) in [5.41, 5.74) is 8.15. The molecule has 2 aromatic rings. The average Bonchev–Trinajstić information content (AvgIpc) is 2.40. The Bertz CT molecular complexity index is 594. The Morgan fingerprint density at radius 3 is 2.47 bits per heavy atom. The largest absolute Gasteiger partial charge is 0.381 e. The van der Waals surface area contributed by atoms with Gasteiger partial charge in [0.1, 0.15) is 5.82 Å². The topological polar surface area (TPSA) is 55.1 Å². The lowest BCUT2D eigenvalue weighted by atomic mass is 10.1. The highest BCUT2D eigenvalue weighted by molar-refractivity contribution is 5.93. The zero-order valence-corrected chi connectivity index (χ0v) is 10.6. The Balaban J connectivity index is 2.01. The molecule has 0 fully saturated rings. The fourth-order valence-electron chi connectivity index (χ4n) is 1.77. The standard InChI is InChI=1S/C15H15FN2O/c1-10-8-11(2-7-14(10)16)9-18-13-5-3-12(4-6-13)15(17)19/h2-8,18H,9H2,1H3,(H2,17,19). The zero-order chi connectivity index (χ0) is 13.8. The molecule has 3 N–H and O–H groups in total. The molecule has 0 unspecified atom stereocenters. The van der Waals surface area contributed by atoms with E-state index in [0.717, 1.165) is 11.3 Å². The summed E-state index contributed by atoms with van der Waals surface area (Å²) in [6.07, 6.45) is 0. The summed E-state index contributed by atoms with van der Waals surface area (Å²) in [7, 11) is 0. The van der Waals surface area contributed by atoms with E-state index in [1.807, 2.05) is 0 Å². The Morgan fingerprint density at radius 2 is 1.89 bits per heavy atom. The highest BCUT2D eigenvalue weighted by Gasteiger charge is 2.01. The molecule has 0 aliphatic rings. The first-order valence-electron chi connectivity index (χ1n) is 5.95. The molecule has 3 nitrogen and oxygen atoms in total. The van der Waals surface area contributed by atoms with Gasteiger partial charge >= 0.3 is 0 Å². The van der Waals surface area contributed by atoms with E-state index in [4.69, 9.17) is 5.73 Å². The highest BCUT2D eigenvalue weighted by atomic mass is 19.1. The number of carbonyl (C=O) groups is 1. The van der Waals surface area contributed by atoms with Gasteiger partial charge in [-0.3, -0.25) is 4.79 Å². The van der Waals surface area contributed by atoms with Crippen molar-refractivity contribution in [2.24, 2.45) is 5.73 Å². The summed E-state index contributed by atoms with van der Waals surface area (Å²) in [5, 5.41) is 3.20. The van der Waals surface area contributed by atoms with Crippen molar-refractivity contribution in [2.45, 2.75) is 13.5 Å². The number of hydrogen-bond acceptors (Lipinski definition) is 2. The summed E-state index contributed by atoms with van der Waals surface area (Å²) < 4.78 is 13.1. The van der Waals surface area contributed by atoms with Gasteiger partial charge in [0.25, 0.3) is 0 Å². The van der Waals surface area contributed by atoms with Crippen LogP contribution >= 0.6 is 0 Å². The van der Waals surface area contributed by atoms with E-state index in [2.05, 4.69) is 5.32 Å². The Kier molecular flexibility index (Phi) is 3.80. The minimum Gasteiger partial charge on any atom is -0.381 e. The molecular formula is C15H15FN2O. The van der Waals surface area contributed by atoms with Crippen LogP contribution in [0.1, 0.15) is 21.5 Å². The number of aryl methyl sites for hydroxylation is 1. The first kappa shape index (κ1) is 13.1. The third kappa shape index (κ3) is 3.31. The fraction of sp³-hybridized carbons (Fsp3) is 0.133. The van der Waals surface area contributed by atoms with E-state index in [0.29, 0.717) is 17.7 Å². The van der Waals surface area contributed by atoms with Crippen molar-refractivity contribution in [1.82, 2.24) is 0 Å². The van der Waals surface area contributed by atoms with Crippen molar-refractivity contribution in [3.8, 4) is 0 Å². The number of halogens is 1. The maximum absolute atomic E-state index is 13.1. The fourth-order valence-corrected chi connectivity index (χ4v) is 1.77. The molecule has 0 aliphatic heterocycles. The van der Waals surface area contributed by atoms with Crippen molar-refractivity contribution in [3.05, 3.63) is 65.0 Å². The Hall–Kier alpha value is -2.36. The number of nitrogens with one attached hydrogen (secondary N) is 1. The number of benzene rings is 2. The number of nitrogens with two attached hydrogens (primary N) is 1. The van der Waals surface area contributed by atoms with E-state index in [1.54, 1.807) is 43.3 Å². The van der Waals surface area contributed by atoms with E-state index in [1.165, 1.54) is 6.07 Å². The van der Waals surface area contributed by atoms with Crippen LogP contribution in [-0.4, -0.2) is 5.91 Å². The van der Waals surface area contributed by atoms with Crippen molar-refractivity contribution in [3.63, 3.8) is 0 Å². The predicted molar refractivity (Wildman–Crippen MR) is 73.4 cm³/mol. The van der Waals surface area contributed by atoms with Crippen LogP contribution in [0.25, 0.3) is 0 Å². The molecule has 4 heteroatoms. The van der Waals surface area contributed by atoms with E-state index in [9.17, 15) is 9.18 Å². The molecule has 0 bridgehead atoms. The minimum atomic E-state index is -0.444. The van der Waals surface area contributed by atoms with Crippen LogP contribution in [0.15, 0.2) is 42.5 Å². The third-order valence-corrected chi connectivity index (χ3v) is 2.89. The van der Waals surface area contributed by atoms with Gasteiger partial charge in [-0.1, -0.05) is 12.1 Å². The van der Waals surface area contributed by atoms with Gasteiger partial charge in [-0.15, -0.1) is 0 Å². The Labute approximate surface area is 111 Å². The summed E-state index contributed by atoms with van der Waals surface area (Å²) in [6.45, 7) is 2.33. The number of primary amides is 1. The van der Waals surface area contributed by atoms with Crippen LogP contribution in [0.2, 0.25) is 0 Å². The van der Waals surface area contributed by atoms with Crippen LogP contribution in [-0.2, 0) is 6.54 Å². The van der Waals surface area contributed by atoms with Crippen molar-refractivity contribution < 1.29 is 9.18 Å². The minimum absolute atomic E-state index is 0.199. The summed E-state index contributed by atoms with van der Waals surface area (Å²) in [6, 6.07) is 11.9. The zero-order valence-electron chi connectivity index (χ0n) is 10.6. The molecular weight excluding hydrogens is 243 g/mol. The molecule has 98 valence electrons. The molecule has 0 saturated heterocycles. The number of amides is 1. The first-order valence-corrected chi connectivity index (χ1v) is 5.95. The molecule has 0 heterocycles. The second-order valence-electron chi connectivity index (χ2n) is 4.38. The van der Waals surface area contributed by atoms with Gasteiger partial charge in [-0.05, 0) is 48.4 Å². The second kappa shape index (κ2) is 5.52. The van der Waals surface area contributed by atoms with Crippen LogP contribution in [0.3, 0.4) is 0 Å². The first-order chi connectivity index (χ1) is 9.06. The molecule has 2 aromatic carbocycles. The maximum Gasteiger partial charge on any atom is 0.248 e. The van der Waals surface area contributed by atoms with Gasteiger partial charge in [0, 0.05) is 17.8 Å². The van der Waals surface area contributed by atoms with Crippen LogP contribution in [0.5, 0.6) is 0 Å². The van der Waals surface area contributed by atoms with Crippen LogP contribution in [0.4, 0.5) is 10.1 Å². The van der Waals surface area contributed by atoms with E-state index < -0.39 is 5.91 Å². The van der Waals surface area contributed by atoms with Gasteiger partial charge in [0.05, 0.1) is 0 Å². The molecule has 0 atom stereocenters. The van der Waals surface area contributed by atoms with Gasteiger partial charge in [0.15, 0.2) is 0 Å². The smallest absolute Gasteiger partial charge is 0.248 e. The van der Waals surface area contributed by atoms with E-state index >= 15 is 0 Å². The lowest BCUT2D eigenvalue weighted by Gasteiger charge is -2.08. The molecule has 0 aromatic heterocycles. The molecule has 2 rings (SSSR count). The normalized spacial score (nSPS) is 10.2. The molecule has 0 aliphatic carbocycles. The Morgan fingerprint density at radius 1 is 1.21 bits per heavy atom. The van der Waals surface area contributed by atoms with Gasteiger partial charge in [0.2, 0.25) is 5.91 Å². The summed E-state index contributed by atoms with van der Waals surface area (Å²) in [4.78, 5) is 10.9. The molecule has 1 amide bonds. The second-order valence-corrected chi connectivity index (χ2v) is 4.38. The lowest BCUT2D eigenvalue weighted by Crippen LogP contribution is -2.10. The quantitative estimate of drug-likeness (QED) is 0.886.